The van der Waals surface area contributed by atoms with Gasteiger partial charge in [0.1, 0.15) is 18.0 Å². The largest absolute Gasteiger partial charge is 0.487 e. The van der Waals surface area contributed by atoms with Gasteiger partial charge < -0.3 is 14.4 Å². The van der Waals surface area contributed by atoms with E-state index < -0.39 is 11.7 Å². The zero-order valence-electron chi connectivity index (χ0n) is 17.7. The third-order valence-corrected chi connectivity index (χ3v) is 4.73. The molecule has 0 aliphatic heterocycles. The molecule has 3 aromatic rings. The average Bonchev–Trinajstić information content (AvgIpc) is 3.02. The highest BCUT2D eigenvalue weighted by Crippen LogP contribution is 2.26. The molecule has 0 radical (unpaired) electrons. The molecule has 2 aromatic carbocycles. The van der Waals surface area contributed by atoms with Crippen LogP contribution in [0.3, 0.4) is 0 Å². The fraction of sp³-hybridized carbons (Fsp3) is 0.304. The summed E-state index contributed by atoms with van der Waals surface area (Å²) in [6.45, 7) is 7.13. The second-order valence-electron chi connectivity index (χ2n) is 8.02. The number of anilines is 1. The maximum atomic E-state index is 12.9. The van der Waals surface area contributed by atoms with Gasteiger partial charge in [0.15, 0.2) is 0 Å². The number of fused-ring (bicyclic) bond motifs is 1. The number of benzene rings is 2. The number of amides is 1. The highest BCUT2D eigenvalue weighted by atomic mass is 35.5. The molecule has 1 heterocycles. The maximum absolute atomic E-state index is 12.9. The molecule has 0 saturated carbocycles. The Balaban J connectivity index is 1.87. The quantitative estimate of drug-likeness (QED) is 0.539. The molecule has 1 amide bonds. The van der Waals surface area contributed by atoms with Crippen LogP contribution < -0.4 is 9.64 Å². The summed E-state index contributed by atoms with van der Waals surface area (Å²) in [5.74, 6) is 0.568. The first kappa shape index (κ1) is 21.7. The van der Waals surface area contributed by atoms with Crippen molar-refractivity contribution in [1.82, 2.24) is 4.57 Å². The first-order valence-electron chi connectivity index (χ1n) is 9.55. The number of rotatable bonds is 4. The number of carbonyl (C=O) groups excluding carboxylic acids is 2. The Bertz CT molecular complexity index is 1080. The minimum Gasteiger partial charge on any atom is -0.487 e. The van der Waals surface area contributed by atoms with E-state index in [1.165, 1.54) is 11.5 Å². The van der Waals surface area contributed by atoms with E-state index in [-0.39, 0.29) is 12.5 Å². The van der Waals surface area contributed by atoms with E-state index in [0.29, 0.717) is 22.0 Å². The van der Waals surface area contributed by atoms with E-state index in [9.17, 15) is 9.59 Å². The van der Waals surface area contributed by atoms with Gasteiger partial charge in [0.25, 0.3) is 0 Å². The van der Waals surface area contributed by atoms with Crippen LogP contribution in [-0.2, 0) is 16.1 Å². The van der Waals surface area contributed by atoms with Gasteiger partial charge in [0.2, 0.25) is 5.91 Å². The zero-order chi connectivity index (χ0) is 22.1. The summed E-state index contributed by atoms with van der Waals surface area (Å²) >= 11 is 6.12. The van der Waals surface area contributed by atoms with Crippen molar-refractivity contribution in [3.63, 3.8) is 0 Å². The predicted molar refractivity (Wildman–Crippen MR) is 118 cm³/mol. The number of aromatic nitrogens is 1. The summed E-state index contributed by atoms with van der Waals surface area (Å²) in [6.07, 6.45) is -0.475. The second kappa shape index (κ2) is 8.40. The van der Waals surface area contributed by atoms with Gasteiger partial charge in [-0.3, -0.25) is 4.79 Å². The van der Waals surface area contributed by atoms with Crippen molar-refractivity contribution in [3.05, 3.63) is 59.2 Å². The van der Waals surface area contributed by atoms with E-state index in [0.717, 1.165) is 11.1 Å². The van der Waals surface area contributed by atoms with Crippen LogP contribution in [0.4, 0.5) is 10.5 Å². The van der Waals surface area contributed by atoms with Crippen LogP contribution in [0.15, 0.2) is 48.5 Å². The van der Waals surface area contributed by atoms with Gasteiger partial charge in [-0.1, -0.05) is 11.6 Å². The van der Waals surface area contributed by atoms with Crippen molar-refractivity contribution < 1.29 is 19.1 Å². The fourth-order valence-electron chi connectivity index (χ4n) is 2.98. The molecular weight excluding hydrogens is 404 g/mol. The first-order valence-corrected chi connectivity index (χ1v) is 9.93. The summed E-state index contributed by atoms with van der Waals surface area (Å²) in [6, 6.07) is 14.4. The number of ether oxygens (including phenoxy) is 2. The summed E-state index contributed by atoms with van der Waals surface area (Å²) in [7, 11) is 1.71. The lowest BCUT2D eigenvalue weighted by Gasteiger charge is -2.21. The molecule has 0 bridgehead atoms. The number of halogens is 1. The Kier molecular flexibility index (Phi) is 6.08. The first-order chi connectivity index (χ1) is 14.0. The molecule has 0 atom stereocenters. The molecule has 7 heteroatoms. The molecule has 0 fully saturated rings. The van der Waals surface area contributed by atoms with E-state index in [1.54, 1.807) is 54.4 Å². The SMILES string of the molecule is CC(=O)N(C)c1ccc(OCc2cc3cc(Cl)ccc3n2C(=O)OC(C)(C)C)cc1. The summed E-state index contributed by atoms with van der Waals surface area (Å²) in [4.78, 5) is 25.9. The molecule has 0 N–H and O–H groups in total. The highest BCUT2D eigenvalue weighted by Gasteiger charge is 2.22. The van der Waals surface area contributed by atoms with E-state index >= 15 is 0 Å². The molecule has 1 aromatic heterocycles. The summed E-state index contributed by atoms with van der Waals surface area (Å²) in [5.41, 5.74) is 1.49. The molecule has 0 aliphatic rings. The van der Waals surface area contributed by atoms with Crippen molar-refractivity contribution in [1.29, 1.82) is 0 Å². The van der Waals surface area contributed by atoms with Crippen LogP contribution in [0.1, 0.15) is 33.4 Å². The van der Waals surface area contributed by atoms with Gasteiger partial charge in [0.05, 0.1) is 11.2 Å². The van der Waals surface area contributed by atoms with E-state index in [1.807, 2.05) is 26.8 Å². The lowest BCUT2D eigenvalue weighted by atomic mass is 10.2. The highest BCUT2D eigenvalue weighted by molar-refractivity contribution is 6.31. The summed E-state index contributed by atoms with van der Waals surface area (Å²) in [5, 5.41) is 1.41. The second-order valence-corrected chi connectivity index (χ2v) is 8.45. The molecule has 30 heavy (non-hydrogen) atoms. The average molecular weight is 429 g/mol. The lowest BCUT2D eigenvalue weighted by Crippen LogP contribution is -2.28. The third-order valence-electron chi connectivity index (χ3n) is 4.50. The van der Waals surface area contributed by atoms with Crippen molar-refractivity contribution in [2.45, 2.75) is 39.9 Å². The predicted octanol–water partition coefficient (Wildman–Crippen LogP) is 5.64. The molecule has 3 rings (SSSR count). The van der Waals surface area contributed by atoms with Gasteiger partial charge in [-0.05, 0) is 69.3 Å². The zero-order valence-corrected chi connectivity index (χ0v) is 18.5. The van der Waals surface area contributed by atoms with Gasteiger partial charge >= 0.3 is 6.09 Å². The van der Waals surface area contributed by atoms with Crippen molar-refractivity contribution in [2.75, 3.05) is 11.9 Å². The minimum absolute atomic E-state index is 0.0517. The third kappa shape index (κ3) is 4.94. The summed E-state index contributed by atoms with van der Waals surface area (Å²) < 4.78 is 13.0. The minimum atomic E-state index is -0.628. The fourth-order valence-corrected chi connectivity index (χ4v) is 3.16. The van der Waals surface area contributed by atoms with Gasteiger partial charge in [-0.2, -0.15) is 0 Å². The van der Waals surface area contributed by atoms with Crippen LogP contribution in [0.25, 0.3) is 10.9 Å². The standard InChI is InChI=1S/C23H25ClN2O4/c1-15(27)25(5)18-7-9-20(10-8-18)29-14-19-13-16-12-17(24)6-11-21(16)26(19)22(28)30-23(2,3)4/h6-13H,14H2,1-5H3. The smallest absolute Gasteiger partial charge is 0.419 e. The molecule has 0 aliphatic carbocycles. The van der Waals surface area contributed by atoms with Crippen LogP contribution in [0.5, 0.6) is 5.75 Å². The van der Waals surface area contributed by atoms with Gasteiger partial charge in [0, 0.05) is 30.1 Å². The Morgan fingerprint density at radius 3 is 2.33 bits per heavy atom. The number of hydrogen-bond donors (Lipinski definition) is 0. The number of nitrogens with zero attached hydrogens (tertiary/aromatic N) is 2. The maximum Gasteiger partial charge on any atom is 0.419 e. The lowest BCUT2D eigenvalue weighted by molar-refractivity contribution is -0.116. The normalized spacial score (nSPS) is 11.4. The van der Waals surface area contributed by atoms with Crippen molar-refractivity contribution >= 4 is 40.2 Å². The van der Waals surface area contributed by atoms with Crippen molar-refractivity contribution in [3.8, 4) is 5.75 Å². The molecular formula is C23H25ClN2O4. The molecule has 0 spiro atoms. The number of carbonyl (C=O) groups is 2. The Hall–Kier alpha value is -2.99. The monoisotopic (exact) mass is 428 g/mol. The van der Waals surface area contributed by atoms with Crippen LogP contribution in [-0.4, -0.2) is 29.2 Å². The van der Waals surface area contributed by atoms with Crippen LogP contribution >= 0.6 is 11.6 Å². The van der Waals surface area contributed by atoms with Gasteiger partial charge in [-0.15, -0.1) is 0 Å². The Morgan fingerprint density at radius 1 is 1.07 bits per heavy atom. The van der Waals surface area contributed by atoms with E-state index in [2.05, 4.69) is 0 Å². The Morgan fingerprint density at radius 2 is 1.73 bits per heavy atom. The molecule has 158 valence electrons. The van der Waals surface area contributed by atoms with Gasteiger partial charge in [-0.25, -0.2) is 9.36 Å². The van der Waals surface area contributed by atoms with Crippen molar-refractivity contribution in [2.24, 2.45) is 0 Å². The topological polar surface area (TPSA) is 60.8 Å². The van der Waals surface area contributed by atoms with E-state index in [4.69, 9.17) is 21.1 Å². The molecule has 6 nitrogen and oxygen atoms in total. The molecule has 0 saturated heterocycles. The van der Waals surface area contributed by atoms with Crippen LogP contribution in [0.2, 0.25) is 5.02 Å². The molecule has 0 unspecified atom stereocenters. The van der Waals surface area contributed by atoms with Crippen LogP contribution in [0, 0.1) is 0 Å². The number of hydrogen-bond acceptors (Lipinski definition) is 4. The Labute approximate surface area is 180 Å².